The van der Waals surface area contributed by atoms with Gasteiger partial charge in [-0.3, -0.25) is 9.59 Å². The smallest absolute Gasteiger partial charge is 0.303 e. The predicted octanol–water partition coefficient (Wildman–Crippen LogP) is 3.68. The van der Waals surface area contributed by atoms with E-state index in [1.54, 1.807) is 0 Å². The molecular formula is C24H31FO7. The maximum atomic E-state index is 13.3. The summed E-state index contributed by atoms with van der Waals surface area (Å²) in [5, 5.41) is 40.4. The summed E-state index contributed by atoms with van der Waals surface area (Å²) in [4.78, 5) is 23.1. The molecule has 0 aliphatic heterocycles. The first-order chi connectivity index (χ1) is 15.3. The number of benzene rings is 1. The van der Waals surface area contributed by atoms with Crippen LogP contribution >= 0.6 is 0 Å². The van der Waals surface area contributed by atoms with Gasteiger partial charge in [-0.2, -0.15) is 0 Å². The largest absolute Gasteiger partial charge is 0.481 e. The minimum atomic E-state index is -1.32. The number of halogens is 1. The number of carboxylic acids is 1. The van der Waals surface area contributed by atoms with Crippen LogP contribution < -0.4 is 0 Å². The summed E-state index contributed by atoms with van der Waals surface area (Å²) in [5.41, 5.74) is 0.235. The van der Waals surface area contributed by atoms with Crippen molar-refractivity contribution in [2.45, 2.75) is 76.1 Å². The van der Waals surface area contributed by atoms with Gasteiger partial charge in [-0.15, -0.1) is 0 Å². The van der Waals surface area contributed by atoms with Crippen molar-refractivity contribution in [3.63, 3.8) is 0 Å². The summed E-state index contributed by atoms with van der Waals surface area (Å²) < 4.78 is 18.7. The number of Topliss-reactive ketones (excluding diaryl/α,β-unsaturated/α-hetero) is 1. The maximum absolute atomic E-state index is 13.3. The molecule has 0 bridgehead atoms. The van der Waals surface area contributed by atoms with E-state index in [1.807, 2.05) is 0 Å². The molecule has 1 aromatic carbocycles. The molecule has 0 amide bonds. The second kappa shape index (κ2) is 11.0. The molecule has 7 nitrogen and oxygen atoms in total. The van der Waals surface area contributed by atoms with E-state index in [1.165, 1.54) is 24.3 Å². The number of carboxylic acid groups (broad SMARTS) is 1. The monoisotopic (exact) mass is 450 g/mol. The van der Waals surface area contributed by atoms with Gasteiger partial charge in [-0.1, -0.05) is 19.3 Å². The first-order valence-electron chi connectivity index (χ1n) is 11.3. The highest BCUT2D eigenvalue weighted by molar-refractivity contribution is 6.00. The van der Waals surface area contributed by atoms with Gasteiger partial charge in [0.25, 0.3) is 0 Å². The van der Waals surface area contributed by atoms with Gasteiger partial charge in [-0.05, 0) is 62.1 Å². The summed E-state index contributed by atoms with van der Waals surface area (Å²) in [6.07, 6.45) is 2.08. The second-order valence-corrected chi connectivity index (χ2v) is 8.79. The van der Waals surface area contributed by atoms with Gasteiger partial charge >= 0.3 is 5.97 Å². The average molecular weight is 451 g/mol. The SMILES string of the molecule is O=C(O)CCCCCC[C@@H]1C(CCC(O)C(=O)c2cc3ccc(F)cc3o2)[C@H](O)C[C@@H]1O. The van der Waals surface area contributed by atoms with E-state index >= 15 is 0 Å². The van der Waals surface area contributed by atoms with Crippen LogP contribution in [0.15, 0.2) is 28.7 Å². The third kappa shape index (κ3) is 6.15. The Morgan fingerprint density at radius 1 is 1.03 bits per heavy atom. The number of carbonyl (C=O) groups excluding carboxylic acids is 1. The fraction of sp³-hybridized carbons (Fsp3) is 0.583. The quantitative estimate of drug-likeness (QED) is 0.287. The van der Waals surface area contributed by atoms with E-state index in [0.717, 1.165) is 19.3 Å². The van der Waals surface area contributed by atoms with Crippen LogP contribution in [-0.2, 0) is 4.79 Å². The van der Waals surface area contributed by atoms with Gasteiger partial charge in [0.15, 0.2) is 5.76 Å². The van der Waals surface area contributed by atoms with Crippen LogP contribution in [0, 0.1) is 17.7 Å². The molecule has 0 spiro atoms. The Morgan fingerprint density at radius 3 is 2.44 bits per heavy atom. The number of aliphatic hydroxyl groups excluding tert-OH is 3. The molecule has 0 saturated heterocycles. The van der Waals surface area contributed by atoms with Crippen molar-refractivity contribution in [2.75, 3.05) is 0 Å². The van der Waals surface area contributed by atoms with Crippen molar-refractivity contribution in [1.82, 2.24) is 0 Å². The van der Waals surface area contributed by atoms with E-state index in [4.69, 9.17) is 9.52 Å². The molecule has 2 aromatic rings. The molecule has 2 unspecified atom stereocenters. The molecule has 176 valence electrons. The molecule has 1 aliphatic rings. The van der Waals surface area contributed by atoms with E-state index in [2.05, 4.69) is 0 Å². The van der Waals surface area contributed by atoms with Gasteiger partial charge < -0.3 is 24.8 Å². The lowest BCUT2D eigenvalue weighted by Crippen LogP contribution is -2.26. The van der Waals surface area contributed by atoms with Gasteiger partial charge in [0, 0.05) is 17.9 Å². The van der Waals surface area contributed by atoms with Crippen LogP contribution in [0.1, 0.15) is 68.3 Å². The summed E-state index contributed by atoms with van der Waals surface area (Å²) >= 11 is 0. The number of carbonyl (C=O) groups is 2. The van der Waals surface area contributed by atoms with Gasteiger partial charge in [0.2, 0.25) is 5.78 Å². The van der Waals surface area contributed by atoms with Crippen LogP contribution in [0.5, 0.6) is 0 Å². The Balaban J connectivity index is 1.51. The highest BCUT2D eigenvalue weighted by atomic mass is 19.1. The van der Waals surface area contributed by atoms with Gasteiger partial charge in [0.1, 0.15) is 17.5 Å². The third-order valence-electron chi connectivity index (χ3n) is 6.50. The molecule has 5 atom stereocenters. The van der Waals surface area contributed by atoms with E-state index in [0.29, 0.717) is 24.6 Å². The molecule has 1 aromatic heterocycles. The second-order valence-electron chi connectivity index (χ2n) is 8.79. The van der Waals surface area contributed by atoms with Crippen molar-refractivity contribution in [3.8, 4) is 0 Å². The lowest BCUT2D eigenvalue weighted by Gasteiger charge is -2.24. The number of rotatable bonds is 12. The molecule has 4 N–H and O–H groups in total. The molecular weight excluding hydrogens is 419 g/mol. The number of hydrogen-bond donors (Lipinski definition) is 4. The summed E-state index contributed by atoms with van der Waals surface area (Å²) in [5.74, 6) is -2.26. The van der Waals surface area contributed by atoms with Crippen molar-refractivity contribution in [1.29, 1.82) is 0 Å². The molecule has 0 radical (unpaired) electrons. The van der Waals surface area contributed by atoms with Gasteiger partial charge in [-0.25, -0.2) is 4.39 Å². The third-order valence-corrected chi connectivity index (χ3v) is 6.50. The minimum absolute atomic E-state index is 0.0389. The number of unbranched alkanes of at least 4 members (excludes halogenated alkanes) is 3. The molecule has 3 rings (SSSR count). The zero-order chi connectivity index (χ0) is 23.3. The molecule has 32 heavy (non-hydrogen) atoms. The summed E-state index contributed by atoms with van der Waals surface area (Å²) in [6, 6.07) is 5.42. The van der Waals surface area contributed by atoms with Gasteiger partial charge in [0.05, 0.1) is 12.2 Å². The fourth-order valence-electron chi connectivity index (χ4n) is 4.76. The Labute approximate surface area is 185 Å². The fourth-order valence-corrected chi connectivity index (χ4v) is 4.76. The lowest BCUT2D eigenvalue weighted by atomic mass is 9.84. The summed E-state index contributed by atoms with van der Waals surface area (Å²) in [7, 11) is 0. The first kappa shape index (κ1) is 24.4. The zero-order valence-corrected chi connectivity index (χ0v) is 18.0. The maximum Gasteiger partial charge on any atom is 0.303 e. The van der Waals surface area contributed by atoms with Crippen LogP contribution in [-0.4, -0.2) is 50.5 Å². The number of hydrogen-bond acceptors (Lipinski definition) is 6. The molecule has 1 fully saturated rings. The van der Waals surface area contributed by atoms with Crippen LogP contribution in [0.25, 0.3) is 11.0 Å². The first-order valence-corrected chi connectivity index (χ1v) is 11.3. The molecule has 1 saturated carbocycles. The number of furan rings is 1. The zero-order valence-electron chi connectivity index (χ0n) is 18.0. The van der Waals surface area contributed by atoms with Crippen molar-refractivity contribution in [3.05, 3.63) is 35.8 Å². The Kier molecular flexibility index (Phi) is 8.39. The van der Waals surface area contributed by atoms with E-state index < -0.39 is 35.9 Å². The topological polar surface area (TPSA) is 128 Å². The van der Waals surface area contributed by atoms with E-state index in [9.17, 15) is 29.3 Å². The molecule has 1 aliphatic carbocycles. The van der Waals surface area contributed by atoms with Crippen LogP contribution in [0.4, 0.5) is 4.39 Å². The number of fused-ring (bicyclic) bond motifs is 1. The minimum Gasteiger partial charge on any atom is -0.481 e. The van der Waals surface area contributed by atoms with Crippen molar-refractivity contribution >= 4 is 22.7 Å². The van der Waals surface area contributed by atoms with E-state index in [-0.39, 0.29) is 42.4 Å². The predicted molar refractivity (Wildman–Crippen MR) is 115 cm³/mol. The average Bonchev–Trinajstić information content (AvgIpc) is 3.27. The normalized spacial score (nSPS) is 24.1. The molecule has 1 heterocycles. The standard InChI is InChI=1S/C24H31FO7/c25-15-8-7-14-11-22(32-21(14)12-15)24(31)18(26)10-9-17-16(19(27)13-20(17)28)5-3-1-2-4-6-23(29)30/h7-8,11-12,16-20,26-28H,1-6,9-10,13H2,(H,29,30)/t16-,17?,18?,19+,20-/m1/s1. The number of aliphatic hydroxyl groups is 3. The number of aliphatic carboxylic acids is 1. The highest BCUT2D eigenvalue weighted by Gasteiger charge is 2.41. The van der Waals surface area contributed by atoms with Crippen molar-refractivity contribution < 1.29 is 38.8 Å². The number of ketones is 1. The molecule has 8 heteroatoms. The lowest BCUT2D eigenvalue weighted by molar-refractivity contribution is -0.137. The Bertz CT molecular complexity index is 924. The van der Waals surface area contributed by atoms with Crippen LogP contribution in [0.3, 0.4) is 0 Å². The van der Waals surface area contributed by atoms with Crippen molar-refractivity contribution in [2.24, 2.45) is 11.8 Å². The Morgan fingerprint density at radius 2 is 1.72 bits per heavy atom. The highest BCUT2D eigenvalue weighted by Crippen LogP contribution is 2.39. The summed E-state index contributed by atoms with van der Waals surface area (Å²) in [6.45, 7) is 0. The van der Waals surface area contributed by atoms with Crippen LogP contribution in [0.2, 0.25) is 0 Å². The Hall–Kier alpha value is -2.29.